The van der Waals surface area contributed by atoms with Gasteiger partial charge in [-0.25, -0.2) is 4.79 Å². The van der Waals surface area contributed by atoms with Crippen molar-refractivity contribution in [2.75, 3.05) is 16.8 Å². The molecule has 2 aliphatic rings. The number of rotatable bonds is 3. The van der Waals surface area contributed by atoms with E-state index in [1.165, 1.54) is 4.57 Å². The molecule has 2 atom stereocenters. The molecule has 5 rings (SSSR count). The number of oxazole rings is 1. The Morgan fingerprint density at radius 2 is 1.93 bits per heavy atom. The first-order valence-corrected chi connectivity index (χ1v) is 9.14. The van der Waals surface area contributed by atoms with Gasteiger partial charge in [0.1, 0.15) is 12.6 Å². The first-order chi connectivity index (χ1) is 13.6. The summed E-state index contributed by atoms with van der Waals surface area (Å²) >= 11 is 0. The summed E-state index contributed by atoms with van der Waals surface area (Å²) in [6.07, 6.45) is 0.521. The Kier molecular flexibility index (Phi) is 3.71. The highest BCUT2D eigenvalue weighted by Crippen LogP contribution is 2.36. The van der Waals surface area contributed by atoms with Gasteiger partial charge in [0, 0.05) is 12.6 Å². The summed E-state index contributed by atoms with van der Waals surface area (Å²) in [4.78, 5) is 39.0. The number of nitrogens with zero attached hydrogens (tertiary/aromatic N) is 2. The molecule has 0 aliphatic carbocycles. The monoisotopic (exact) mass is 378 g/mol. The number of benzene rings is 2. The Morgan fingerprint density at radius 1 is 1.14 bits per heavy atom. The normalized spacial score (nSPS) is 20.6. The second-order valence-electron chi connectivity index (χ2n) is 7.10. The van der Waals surface area contributed by atoms with Crippen molar-refractivity contribution in [3.63, 3.8) is 0 Å². The van der Waals surface area contributed by atoms with Crippen LogP contribution in [0.4, 0.5) is 11.4 Å². The van der Waals surface area contributed by atoms with Gasteiger partial charge in [0.15, 0.2) is 5.58 Å². The number of anilines is 2. The van der Waals surface area contributed by atoms with Crippen molar-refractivity contribution in [3.8, 4) is 0 Å². The standard InChI is InChI=1S/C20H18N4O4/c25-18(11-24-15-7-3-4-8-17(15)28-20(24)27)21-12-9-16-19(26)22-13-5-1-2-6-14(13)23(16)10-12/h1-8,12,16H,9-11H2,(H,21,25)(H,22,26). The Balaban J connectivity index is 1.32. The minimum atomic E-state index is -0.562. The number of fused-ring (bicyclic) bond motifs is 4. The van der Waals surface area contributed by atoms with E-state index in [2.05, 4.69) is 10.6 Å². The van der Waals surface area contributed by atoms with Crippen LogP contribution in [0.1, 0.15) is 6.42 Å². The van der Waals surface area contributed by atoms with Gasteiger partial charge in [-0.05, 0) is 30.7 Å². The molecule has 0 saturated carbocycles. The molecule has 142 valence electrons. The summed E-state index contributed by atoms with van der Waals surface area (Å²) in [5.74, 6) is -0.909. The molecule has 1 saturated heterocycles. The third-order valence-electron chi connectivity index (χ3n) is 5.32. The summed E-state index contributed by atoms with van der Waals surface area (Å²) in [7, 11) is 0. The van der Waals surface area contributed by atoms with Gasteiger partial charge >= 0.3 is 5.76 Å². The first-order valence-electron chi connectivity index (χ1n) is 9.14. The number of carbonyl (C=O) groups is 2. The van der Waals surface area contributed by atoms with Crippen LogP contribution in [0.25, 0.3) is 11.1 Å². The summed E-state index contributed by atoms with van der Waals surface area (Å²) in [5, 5.41) is 5.87. The summed E-state index contributed by atoms with van der Waals surface area (Å²) in [5.41, 5.74) is 2.78. The van der Waals surface area contributed by atoms with E-state index < -0.39 is 5.76 Å². The van der Waals surface area contributed by atoms with Crippen LogP contribution in [0.5, 0.6) is 0 Å². The lowest BCUT2D eigenvalue weighted by atomic mass is 10.1. The molecule has 0 bridgehead atoms. The molecule has 2 aliphatic heterocycles. The van der Waals surface area contributed by atoms with Gasteiger partial charge in [0.2, 0.25) is 11.8 Å². The van der Waals surface area contributed by atoms with Gasteiger partial charge in [-0.2, -0.15) is 0 Å². The quantitative estimate of drug-likeness (QED) is 0.716. The van der Waals surface area contributed by atoms with E-state index in [0.717, 1.165) is 11.4 Å². The number of nitrogens with one attached hydrogen (secondary N) is 2. The number of hydrogen-bond donors (Lipinski definition) is 2. The molecule has 2 N–H and O–H groups in total. The van der Waals surface area contributed by atoms with E-state index in [-0.39, 0.29) is 30.4 Å². The molecule has 0 spiro atoms. The van der Waals surface area contributed by atoms with Crippen molar-refractivity contribution in [2.45, 2.75) is 25.0 Å². The maximum atomic E-state index is 12.6. The highest BCUT2D eigenvalue weighted by molar-refractivity contribution is 6.04. The predicted octanol–water partition coefficient (Wildman–Crippen LogP) is 1.31. The van der Waals surface area contributed by atoms with Crippen molar-refractivity contribution >= 4 is 34.3 Å². The summed E-state index contributed by atoms with van der Waals surface area (Å²) in [6.45, 7) is 0.418. The summed E-state index contributed by atoms with van der Waals surface area (Å²) in [6, 6.07) is 14.1. The average Bonchev–Trinajstić information content (AvgIpc) is 3.24. The van der Waals surface area contributed by atoms with E-state index in [9.17, 15) is 14.4 Å². The minimum Gasteiger partial charge on any atom is -0.408 e. The summed E-state index contributed by atoms with van der Waals surface area (Å²) < 4.78 is 6.48. The molecule has 3 heterocycles. The zero-order chi connectivity index (χ0) is 19.3. The van der Waals surface area contributed by atoms with E-state index >= 15 is 0 Å². The van der Waals surface area contributed by atoms with Gasteiger partial charge < -0.3 is 20.0 Å². The second-order valence-corrected chi connectivity index (χ2v) is 7.10. The Labute approximate surface area is 159 Å². The Hall–Kier alpha value is -3.55. The van der Waals surface area contributed by atoms with Crippen LogP contribution in [-0.4, -0.2) is 35.0 Å². The van der Waals surface area contributed by atoms with Gasteiger partial charge in [0.25, 0.3) is 0 Å². The number of carbonyl (C=O) groups excluding carboxylic acids is 2. The highest BCUT2D eigenvalue weighted by Gasteiger charge is 2.41. The number of aromatic nitrogens is 1. The lowest BCUT2D eigenvalue weighted by molar-refractivity contribution is -0.122. The maximum Gasteiger partial charge on any atom is 0.420 e. The van der Waals surface area contributed by atoms with E-state index in [0.29, 0.717) is 24.1 Å². The molecule has 3 aromatic rings. The zero-order valence-electron chi connectivity index (χ0n) is 14.9. The number of hydrogen-bond acceptors (Lipinski definition) is 5. The minimum absolute atomic E-state index is 0.0625. The van der Waals surface area contributed by atoms with Crippen LogP contribution >= 0.6 is 0 Å². The van der Waals surface area contributed by atoms with Gasteiger partial charge in [-0.1, -0.05) is 24.3 Å². The molecule has 2 aromatic carbocycles. The molecule has 28 heavy (non-hydrogen) atoms. The smallest absolute Gasteiger partial charge is 0.408 e. The molecule has 1 aromatic heterocycles. The van der Waals surface area contributed by atoms with Crippen LogP contribution < -0.4 is 21.3 Å². The van der Waals surface area contributed by atoms with Crippen molar-refractivity contribution in [1.29, 1.82) is 0 Å². The zero-order valence-corrected chi connectivity index (χ0v) is 14.9. The highest BCUT2D eigenvalue weighted by atomic mass is 16.4. The maximum absolute atomic E-state index is 12.6. The SMILES string of the molecule is O=C(Cn1c(=O)oc2ccccc21)NC1CC2C(=O)Nc3ccccc3N2C1. The third-order valence-corrected chi connectivity index (χ3v) is 5.32. The lowest BCUT2D eigenvalue weighted by Crippen LogP contribution is -2.44. The van der Waals surface area contributed by atoms with Gasteiger partial charge in [-0.3, -0.25) is 14.2 Å². The molecule has 8 heteroatoms. The first kappa shape index (κ1) is 16.6. The second kappa shape index (κ2) is 6.26. The molecule has 8 nitrogen and oxygen atoms in total. The van der Waals surface area contributed by atoms with Crippen LogP contribution in [0.3, 0.4) is 0 Å². The molecule has 1 fully saturated rings. The van der Waals surface area contributed by atoms with Crippen molar-refractivity contribution in [2.24, 2.45) is 0 Å². The van der Waals surface area contributed by atoms with Crippen molar-refractivity contribution in [1.82, 2.24) is 9.88 Å². The van der Waals surface area contributed by atoms with Gasteiger partial charge in [-0.15, -0.1) is 0 Å². The average molecular weight is 378 g/mol. The third kappa shape index (κ3) is 2.65. The van der Waals surface area contributed by atoms with Crippen LogP contribution in [-0.2, 0) is 16.1 Å². The van der Waals surface area contributed by atoms with Crippen LogP contribution in [0.2, 0.25) is 0 Å². The van der Waals surface area contributed by atoms with Crippen LogP contribution in [0.15, 0.2) is 57.7 Å². The number of para-hydroxylation sites is 4. The van der Waals surface area contributed by atoms with Crippen molar-refractivity contribution in [3.05, 3.63) is 59.1 Å². The van der Waals surface area contributed by atoms with Crippen molar-refractivity contribution < 1.29 is 14.0 Å². The molecule has 2 amide bonds. The molecule has 0 radical (unpaired) electrons. The van der Waals surface area contributed by atoms with Gasteiger partial charge in [0.05, 0.1) is 16.9 Å². The largest absolute Gasteiger partial charge is 0.420 e. The van der Waals surface area contributed by atoms with E-state index in [1.807, 2.05) is 29.2 Å². The molecular formula is C20H18N4O4. The lowest BCUT2D eigenvalue weighted by Gasteiger charge is -2.32. The Bertz CT molecular complexity index is 1150. The van der Waals surface area contributed by atoms with Crippen LogP contribution in [0, 0.1) is 0 Å². The number of amides is 2. The fraction of sp³-hybridized carbons (Fsp3) is 0.250. The molecule has 2 unspecified atom stereocenters. The molecular weight excluding hydrogens is 360 g/mol. The van der Waals surface area contributed by atoms with E-state index in [1.54, 1.807) is 24.3 Å². The topological polar surface area (TPSA) is 96.6 Å². The predicted molar refractivity (Wildman–Crippen MR) is 103 cm³/mol. The van der Waals surface area contributed by atoms with E-state index in [4.69, 9.17) is 4.42 Å². The fourth-order valence-electron chi connectivity index (χ4n) is 4.08. The fourth-order valence-corrected chi connectivity index (χ4v) is 4.08. The Morgan fingerprint density at radius 3 is 2.82 bits per heavy atom.